The minimum atomic E-state index is -0.312. The van der Waals surface area contributed by atoms with Crippen molar-refractivity contribution in [2.75, 3.05) is 0 Å². The van der Waals surface area contributed by atoms with Gasteiger partial charge in [-0.15, -0.1) is 0 Å². The second-order valence-electron chi connectivity index (χ2n) is 4.07. The molecule has 0 saturated heterocycles. The van der Waals surface area contributed by atoms with Crippen molar-refractivity contribution < 1.29 is 9.94 Å². The number of hydrogen-bond donors (Lipinski definition) is 2. The number of rotatable bonds is 4. The molecular formula is C11H17N3O2. The van der Waals surface area contributed by atoms with E-state index >= 15 is 0 Å². The van der Waals surface area contributed by atoms with Crippen LogP contribution in [0.15, 0.2) is 23.6 Å². The van der Waals surface area contributed by atoms with Crippen LogP contribution in [0, 0.1) is 0 Å². The maximum atomic E-state index is 8.66. The molecule has 88 valence electrons. The first-order valence-electron chi connectivity index (χ1n) is 5.11. The van der Waals surface area contributed by atoms with Crippen molar-refractivity contribution in [3.8, 4) is 5.75 Å². The standard InChI is InChI=1S/C11H17N3O2/c1-4-11(2,3)16-9-7-13-6-5-8(9)10(12)14-15/h5-7,15H,4H2,1-3H3,(H2,12,14). The molecule has 0 aliphatic rings. The Labute approximate surface area is 94.9 Å². The molecule has 1 aromatic rings. The van der Waals surface area contributed by atoms with E-state index in [4.69, 9.17) is 15.7 Å². The molecule has 0 amide bonds. The number of hydrogen-bond acceptors (Lipinski definition) is 4. The van der Waals surface area contributed by atoms with Crippen LogP contribution in [-0.2, 0) is 0 Å². The summed E-state index contributed by atoms with van der Waals surface area (Å²) >= 11 is 0. The predicted octanol–water partition coefficient (Wildman–Crippen LogP) is 1.74. The number of pyridine rings is 1. The highest BCUT2D eigenvalue weighted by atomic mass is 16.5. The molecule has 0 bridgehead atoms. The molecule has 0 aromatic carbocycles. The van der Waals surface area contributed by atoms with Gasteiger partial charge in [-0.05, 0) is 26.3 Å². The highest BCUT2D eigenvalue weighted by Gasteiger charge is 2.19. The van der Waals surface area contributed by atoms with Gasteiger partial charge in [0.1, 0.15) is 11.4 Å². The number of nitrogens with two attached hydrogens (primary N) is 1. The van der Waals surface area contributed by atoms with Crippen LogP contribution in [-0.4, -0.2) is 21.6 Å². The Morgan fingerprint density at radius 3 is 2.88 bits per heavy atom. The predicted molar refractivity (Wildman–Crippen MR) is 61.7 cm³/mol. The van der Waals surface area contributed by atoms with E-state index in [9.17, 15) is 0 Å². The van der Waals surface area contributed by atoms with Crippen LogP contribution in [0.3, 0.4) is 0 Å². The molecule has 1 heterocycles. The maximum absolute atomic E-state index is 8.66. The molecule has 1 rings (SSSR count). The van der Waals surface area contributed by atoms with Gasteiger partial charge in [0.05, 0.1) is 11.8 Å². The van der Waals surface area contributed by atoms with E-state index in [1.165, 1.54) is 0 Å². The van der Waals surface area contributed by atoms with E-state index in [2.05, 4.69) is 10.1 Å². The van der Waals surface area contributed by atoms with Crippen molar-refractivity contribution in [1.82, 2.24) is 4.98 Å². The third kappa shape index (κ3) is 2.85. The van der Waals surface area contributed by atoms with E-state index in [1.807, 2.05) is 20.8 Å². The molecule has 0 aliphatic heterocycles. The zero-order valence-electron chi connectivity index (χ0n) is 9.77. The SMILES string of the molecule is CCC(C)(C)Oc1cnccc1/C(N)=N/O. The highest BCUT2D eigenvalue weighted by molar-refractivity contribution is 5.99. The number of amidine groups is 1. The summed E-state index contributed by atoms with van der Waals surface area (Å²) in [7, 11) is 0. The van der Waals surface area contributed by atoms with Crippen LogP contribution < -0.4 is 10.5 Å². The van der Waals surface area contributed by atoms with Gasteiger partial charge in [-0.2, -0.15) is 0 Å². The van der Waals surface area contributed by atoms with Gasteiger partial charge in [0.25, 0.3) is 0 Å². The van der Waals surface area contributed by atoms with Crippen molar-refractivity contribution >= 4 is 5.84 Å². The Hall–Kier alpha value is -1.78. The molecule has 0 spiro atoms. The average molecular weight is 223 g/mol. The summed E-state index contributed by atoms with van der Waals surface area (Å²) in [4.78, 5) is 3.96. The minimum absolute atomic E-state index is 0.0179. The monoisotopic (exact) mass is 223 g/mol. The van der Waals surface area contributed by atoms with Gasteiger partial charge >= 0.3 is 0 Å². The van der Waals surface area contributed by atoms with Gasteiger partial charge in [-0.3, -0.25) is 4.98 Å². The number of ether oxygens (including phenoxy) is 1. The fraction of sp³-hybridized carbons (Fsp3) is 0.455. The fourth-order valence-electron chi connectivity index (χ4n) is 1.10. The average Bonchev–Trinajstić information content (AvgIpc) is 2.28. The molecule has 16 heavy (non-hydrogen) atoms. The van der Waals surface area contributed by atoms with E-state index < -0.39 is 0 Å². The summed E-state index contributed by atoms with van der Waals surface area (Å²) in [5.74, 6) is 0.536. The van der Waals surface area contributed by atoms with Gasteiger partial charge in [0.2, 0.25) is 0 Å². The topological polar surface area (TPSA) is 80.7 Å². The Bertz CT molecular complexity index is 389. The lowest BCUT2D eigenvalue weighted by atomic mass is 10.1. The quantitative estimate of drug-likeness (QED) is 0.352. The number of aromatic nitrogens is 1. The van der Waals surface area contributed by atoms with E-state index in [0.29, 0.717) is 11.3 Å². The van der Waals surface area contributed by atoms with Gasteiger partial charge < -0.3 is 15.7 Å². The molecule has 5 nitrogen and oxygen atoms in total. The molecular weight excluding hydrogens is 206 g/mol. The van der Waals surface area contributed by atoms with Crippen molar-refractivity contribution in [3.05, 3.63) is 24.0 Å². The van der Waals surface area contributed by atoms with Crippen molar-refractivity contribution in [1.29, 1.82) is 0 Å². The van der Waals surface area contributed by atoms with Gasteiger partial charge in [0.15, 0.2) is 5.84 Å². The summed E-state index contributed by atoms with van der Waals surface area (Å²) in [6.45, 7) is 5.96. The zero-order valence-corrected chi connectivity index (χ0v) is 9.77. The van der Waals surface area contributed by atoms with E-state index in [1.54, 1.807) is 18.5 Å². The molecule has 1 aromatic heterocycles. The van der Waals surface area contributed by atoms with Crippen LogP contribution in [0.2, 0.25) is 0 Å². The largest absolute Gasteiger partial charge is 0.485 e. The van der Waals surface area contributed by atoms with Crippen LogP contribution in [0.25, 0.3) is 0 Å². The highest BCUT2D eigenvalue weighted by Crippen LogP contribution is 2.23. The van der Waals surface area contributed by atoms with Gasteiger partial charge in [-0.1, -0.05) is 12.1 Å². The second-order valence-corrected chi connectivity index (χ2v) is 4.07. The van der Waals surface area contributed by atoms with E-state index in [-0.39, 0.29) is 11.4 Å². The lowest BCUT2D eigenvalue weighted by molar-refractivity contribution is 0.104. The Kier molecular flexibility index (Phi) is 3.71. The van der Waals surface area contributed by atoms with Crippen LogP contribution in [0.4, 0.5) is 0 Å². The first-order chi connectivity index (χ1) is 7.50. The van der Waals surface area contributed by atoms with Crippen LogP contribution in [0.1, 0.15) is 32.8 Å². The molecule has 0 radical (unpaired) electrons. The molecule has 5 heteroatoms. The summed E-state index contributed by atoms with van der Waals surface area (Å²) < 4.78 is 5.77. The summed E-state index contributed by atoms with van der Waals surface area (Å²) in [5, 5.41) is 11.6. The van der Waals surface area contributed by atoms with Crippen molar-refractivity contribution in [2.24, 2.45) is 10.9 Å². The van der Waals surface area contributed by atoms with Crippen molar-refractivity contribution in [3.63, 3.8) is 0 Å². The lowest BCUT2D eigenvalue weighted by Crippen LogP contribution is -2.28. The first kappa shape index (κ1) is 12.3. The molecule has 0 atom stereocenters. The van der Waals surface area contributed by atoms with Gasteiger partial charge in [0, 0.05) is 6.20 Å². The van der Waals surface area contributed by atoms with Crippen molar-refractivity contribution in [2.45, 2.75) is 32.8 Å². The normalized spacial score (nSPS) is 12.6. The maximum Gasteiger partial charge on any atom is 0.173 e. The second kappa shape index (κ2) is 4.83. The minimum Gasteiger partial charge on any atom is -0.485 e. The zero-order chi connectivity index (χ0) is 12.2. The molecule has 0 aliphatic carbocycles. The first-order valence-corrected chi connectivity index (χ1v) is 5.11. The number of nitrogens with zero attached hydrogens (tertiary/aromatic N) is 2. The summed E-state index contributed by atoms with van der Waals surface area (Å²) in [6.07, 6.45) is 3.97. The summed E-state index contributed by atoms with van der Waals surface area (Å²) in [6, 6.07) is 1.65. The third-order valence-electron chi connectivity index (χ3n) is 2.41. The van der Waals surface area contributed by atoms with Gasteiger partial charge in [-0.25, -0.2) is 0 Å². The fourth-order valence-corrected chi connectivity index (χ4v) is 1.10. The smallest absolute Gasteiger partial charge is 0.173 e. The molecule has 3 N–H and O–H groups in total. The molecule has 0 saturated carbocycles. The molecule has 0 fully saturated rings. The summed E-state index contributed by atoms with van der Waals surface area (Å²) in [5.41, 5.74) is 5.78. The number of oxime groups is 1. The van der Waals surface area contributed by atoms with Crippen LogP contribution in [0.5, 0.6) is 5.75 Å². The van der Waals surface area contributed by atoms with Crippen LogP contribution >= 0.6 is 0 Å². The Morgan fingerprint density at radius 1 is 1.62 bits per heavy atom. The molecule has 0 unspecified atom stereocenters. The lowest BCUT2D eigenvalue weighted by Gasteiger charge is -2.25. The van der Waals surface area contributed by atoms with E-state index in [0.717, 1.165) is 6.42 Å². The Morgan fingerprint density at radius 2 is 2.31 bits per heavy atom. The Balaban J connectivity index is 3.05. The third-order valence-corrected chi connectivity index (χ3v) is 2.41.